The lowest BCUT2D eigenvalue weighted by atomic mass is 10.00. The molecule has 0 saturated carbocycles. The molecule has 2 N–H and O–H groups in total. The number of likely N-dealkylation sites (tertiary alicyclic amines) is 1. The van der Waals surface area contributed by atoms with Gasteiger partial charge < -0.3 is 20.4 Å². The average molecular weight is 310 g/mol. The Morgan fingerprint density at radius 3 is 2.50 bits per heavy atom. The smallest absolute Gasteiger partial charge is 0.258 e. The van der Waals surface area contributed by atoms with Gasteiger partial charge in [-0.05, 0) is 45.0 Å². The Kier molecular flexibility index (Phi) is 4.44. The van der Waals surface area contributed by atoms with E-state index in [1.165, 1.54) is 24.3 Å². The van der Waals surface area contributed by atoms with Gasteiger partial charge in [-0.15, -0.1) is 0 Å². The van der Waals surface area contributed by atoms with Crippen LogP contribution in [0.1, 0.15) is 27.2 Å². The largest absolute Gasteiger partial charge is 0.498 e. The van der Waals surface area contributed by atoms with Gasteiger partial charge in [0.2, 0.25) is 0 Å². The van der Waals surface area contributed by atoms with Gasteiger partial charge >= 0.3 is 0 Å². The maximum atomic E-state index is 12.9. The zero-order valence-corrected chi connectivity index (χ0v) is 13.2. The summed E-state index contributed by atoms with van der Waals surface area (Å²) in [5.41, 5.74) is 5.46. The number of quaternary nitrogens is 1. The second-order valence-corrected chi connectivity index (χ2v) is 6.90. The van der Waals surface area contributed by atoms with Gasteiger partial charge in [-0.2, -0.15) is 0 Å². The minimum absolute atomic E-state index is 0.199. The SMILES string of the molecule is CC(C)(C)[N+]1(C(=O)[O-])C[C@H](N)C[C@@H]1COc1ccc(F)cc1. The van der Waals surface area contributed by atoms with E-state index < -0.39 is 11.6 Å². The molecule has 22 heavy (non-hydrogen) atoms. The maximum Gasteiger partial charge on any atom is 0.258 e. The highest BCUT2D eigenvalue weighted by Gasteiger charge is 2.55. The van der Waals surface area contributed by atoms with Crippen molar-refractivity contribution in [1.29, 1.82) is 0 Å². The van der Waals surface area contributed by atoms with E-state index in [2.05, 4.69) is 0 Å². The highest BCUT2D eigenvalue weighted by Crippen LogP contribution is 2.36. The maximum absolute atomic E-state index is 12.9. The molecule has 0 aliphatic carbocycles. The Balaban J connectivity index is 2.20. The first-order valence-electron chi connectivity index (χ1n) is 7.40. The van der Waals surface area contributed by atoms with Crippen molar-refractivity contribution in [2.24, 2.45) is 5.73 Å². The topological polar surface area (TPSA) is 75.4 Å². The van der Waals surface area contributed by atoms with Crippen LogP contribution in [0.25, 0.3) is 0 Å². The van der Waals surface area contributed by atoms with Crippen molar-refractivity contribution in [3.8, 4) is 5.75 Å². The third kappa shape index (κ3) is 2.94. The Labute approximate surface area is 130 Å². The predicted octanol–water partition coefficient (Wildman–Crippen LogP) is 1.26. The molecule has 3 atom stereocenters. The third-order valence-electron chi connectivity index (χ3n) is 4.50. The lowest BCUT2D eigenvalue weighted by molar-refractivity contribution is -0.930. The second kappa shape index (κ2) is 5.85. The number of nitrogens with two attached hydrogens (primary N) is 1. The molecule has 1 aliphatic rings. The number of ether oxygens (including phenoxy) is 1. The fourth-order valence-corrected chi connectivity index (χ4v) is 3.36. The monoisotopic (exact) mass is 310 g/mol. The number of amides is 1. The summed E-state index contributed by atoms with van der Waals surface area (Å²) >= 11 is 0. The molecule has 1 heterocycles. The molecule has 1 fully saturated rings. The van der Waals surface area contributed by atoms with Crippen LogP contribution in [-0.4, -0.2) is 41.4 Å². The Morgan fingerprint density at radius 1 is 1.41 bits per heavy atom. The number of carboxylic acid groups (broad SMARTS) is 1. The molecule has 0 bridgehead atoms. The van der Waals surface area contributed by atoms with Crippen molar-refractivity contribution in [1.82, 2.24) is 0 Å². The van der Waals surface area contributed by atoms with E-state index in [9.17, 15) is 14.3 Å². The fourth-order valence-electron chi connectivity index (χ4n) is 3.36. The van der Waals surface area contributed by atoms with Crippen LogP contribution in [0.2, 0.25) is 0 Å². The molecule has 1 aliphatic heterocycles. The molecule has 0 radical (unpaired) electrons. The number of nitrogens with zero attached hydrogens (tertiary/aromatic N) is 1. The molecule has 0 spiro atoms. The van der Waals surface area contributed by atoms with Gasteiger partial charge in [0, 0.05) is 6.42 Å². The van der Waals surface area contributed by atoms with Crippen LogP contribution in [0.3, 0.4) is 0 Å². The number of benzene rings is 1. The lowest BCUT2D eigenvalue weighted by Gasteiger charge is -2.49. The second-order valence-electron chi connectivity index (χ2n) is 6.90. The first kappa shape index (κ1) is 16.7. The number of hydrogen-bond donors (Lipinski definition) is 1. The van der Waals surface area contributed by atoms with Crippen LogP contribution in [-0.2, 0) is 0 Å². The highest BCUT2D eigenvalue weighted by atomic mass is 19.1. The van der Waals surface area contributed by atoms with Gasteiger partial charge in [0.1, 0.15) is 30.8 Å². The van der Waals surface area contributed by atoms with Crippen molar-refractivity contribution in [3.63, 3.8) is 0 Å². The van der Waals surface area contributed by atoms with Gasteiger partial charge in [0.15, 0.2) is 0 Å². The summed E-state index contributed by atoms with van der Waals surface area (Å²) in [5.74, 6) is 0.164. The fraction of sp³-hybridized carbons (Fsp3) is 0.562. The van der Waals surface area contributed by atoms with Gasteiger partial charge in [-0.1, -0.05) is 0 Å². The van der Waals surface area contributed by atoms with E-state index in [-0.39, 0.29) is 29.0 Å². The van der Waals surface area contributed by atoms with E-state index >= 15 is 0 Å². The number of carbonyl (C=O) groups excluding carboxylic acids is 1. The zero-order chi connectivity index (χ0) is 16.5. The van der Waals surface area contributed by atoms with Gasteiger partial charge in [0.25, 0.3) is 6.09 Å². The Morgan fingerprint density at radius 2 is 2.00 bits per heavy atom. The zero-order valence-electron chi connectivity index (χ0n) is 13.2. The lowest BCUT2D eigenvalue weighted by Crippen LogP contribution is -2.71. The molecule has 0 aromatic heterocycles. The number of carbonyl (C=O) groups is 1. The van der Waals surface area contributed by atoms with Crippen molar-refractivity contribution >= 4 is 6.09 Å². The predicted molar refractivity (Wildman–Crippen MR) is 78.6 cm³/mol. The van der Waals surface area contributed by atoms with Crippen molar-refractivity contribution in [2.45, 2.75) is 44.8 Å². The minimum Gasteiger partial charge on any atom is -0.498 e. The van der Waals surface area contributed by atoms with Crippen LogP contribution >= 0.6 is 0 Å². The molecular formula is C16H23FN2O3. The third-order valence-corrected chi connectivity index (χ3v) is 4.50. The van der Waals surface area contributed by atoms with E-state index in [0.29, 0.717) is 18.7 Å². The summed E-state index contributed by atoms with van der Waals surface area (Å²) in [6, 6.07) is 5.15. The van der Waals surface area contributed by atoms with Crippen molar-refractivity contribution in [2.75, 3.05) is 13.2 Å². The first-order chi connectivity index (χ1) is 10.2. The number of halogens is 1. The van der Waals surface area contributed by atoms with E-state index in [4.69, 9.17) is 10.5 Å². The Bertz CT molecular complexity index is 541. The standard InChI is InChI=1S/C16H23FN2O3/c1-16(2,3)19(15(20)21)9-12(18)8-13(19)10-22-14-6-4-11(17)5-7-14/h4-7,12-13H,8-10,18H2,1-3H3/t12-,13-,19?/m1/s1. The normalized spacial score (nSPS) is 28.6. The molecule has 1 aromatic carbocycles. The highest BCUT2D eigenvalue weighted by molar-refractivity contribution is 5.55. The van der Waals surface area contributed by atoms with E-state index in [0.717, 1.165) is 0 Å². The minimum atomic E-state index is -1.13. The van der Waals surface area contributed by atoms with Crippen LogP contribution < -0.4 is 15.6 Å². The van der Waals surface area contributed by atoms with Crippen LogP contribution in [0.5, 0.6) is 5.75 Å². The van der Waals surface area contributed by atoms with Gasteiger partial charge in [0.05, 0.1) is 11.6 Å². The van der Waals surface area contributed by atoms with Gasteiger partial charge in [-0.25, -0.2) is 4.39 Å². The summed E-state index contributed by atoms with van der Waals surface area (Å²) in [5, 5.41) is 11.9. The van der Waals surface area contributed by atoms with Gasteiger partial charge in [-0.3, -0.25) is 4.48 Å². The van der Waals surface area contributed by atoms with E-state index in [1.807, 2.05) is 20.8 Å². The summed E-state index contributed by atoms with van der Waals surface area (Å²) in [4.78, 5) is 11.9. The molecule has 122 valence electrons. The van der Waals surface area contributed by atoms with Crippen molar-refractivity contribution in [3.05, 3.63) is 30.1 Å². The molecular weight excluding hydrogens is 287 g/mol. The quantitative estimate of drug-likeness (QED) is 0.853. The Hall–Kier alpha value is -1.66. The summed E-state index contributed by atoms with van der Waals surface area (Å²) < 4.78 is 18.3. The van der Waals surface area contributed by atoms with Crippen molar-refractivity contribution < 1.29 is 23.5 Å². The number of rotatable bonds is 3. The van der Waals surface area contributed by atoms with E-state index in [1.54, 1.807) is 0 Å². The summed E-state index contributed by atoms with van der Waals surface area (Å²) in [6.07, 6.45) is -0.583. The first-order valence-corrected chi connectivity index (χ1v) is 7.40. The molecule has 1 aromatic rings. The molecule has 6 heteroatoms. The number of hydrogen-bond acceptors (Lipinski definition) is 4. The molecule has 1 saturated heterocycles. The molecule has 1 unspecified atom stereocenters. The molecule has 1 amide bonds. The average Bonchev–Trinajstić information content (AvgIpc) is 2.76. The van der Waals surface area contributed by atoms with Crippen LogP contribution in [0, 0.1) is 5.82 Å². The molecule has 2 rings (SSSR count). The van der Waals surface area contributed by atoms with Crippen LogP contribution in [0.15, 0.2) is 24.3 Å². The summed E-state index contributed by atoms with van der Waals surface area (Å²) in [7, 11) is 0. The summed E-state index contributed by atoms with van der Waals surface area (Å²) in [6.45, 7) is 6.12. The molecule has 5 nitrogen and oxygen atoms in total. The van der Waals surface area contributed by atoms with Crippen LogP contribution in [0.4, 0.5) is 9.18 Å².